The number of hydrogen-bond donors (Lipinski definition) is 1. The molecule has 2 aromatic heterocycles. The quantitative estimate of drug-likeness (QED) is 0.563. The van der Waals surface area contributed by atoms with Crippen LogP contribution in [0, 0.1) is 0 Å². The van der Waals surface area contributed by atoms with E-state index in [1.807, 2.05) is 42.6 Å². The number of rotatable bonds is 3. The van der Waals surface area contributed by atoms with E-state index in [0.717, 1.165) is 35.8 Å². The maximum atomic E-state index is 12.4. The third-order valence-corrected chi connectivity index (χ3v) is 5.50. The smallest absolute Gasteiger partial charge is 0.272 e. The highest BCUT2D eigenvalue weighted by Crippen LogP contribution is 2.30. The molecule has 1 aromatic carbocycles. The summed E-state index contributed by atoms with van der Waals surface area (Å²) < 4.78 is 5.76. The Kier molecular flexibility index (Phi) is 3.94. The number of benzene rings is 1. The number of aryl methyl sites for hydroxylation is 1. The highest BCUT2D eigenvalue weighted by atomic mass is 32.1. The molecule has 122 valence electrons. The van der Waals surface area contributed by atoms with Crippen molar-refractivity contribution in [3.63, 3.8) is 0 Å². The third kappa shape index (κ3) is 2.76. The summed E-state index contributed by atoms with van der Waals surface area (Å²) in [6.07, 6.45) is 4.46. The number of para-hydroxylation sites is 1. The number of nitrogens with one attached hydrogen (secondary N) is 1. The summed E-state index contributed by atoms with van der Waals surface area (Å²) in [6, 6.07) is 9.75. The fraction of sp³-hybridized carbons (Fsp3) is 0.263. The number of carbonyl (C=O) groups excluding carboxylic acids is 1. The lowest BCUT2D eigenvalue weighted by Crippen LogP contribution is -2.20. The first-order valence-electron chi connectivity index (χ1n) is 8.15. The summed E-state index contributed by atoms with van der Waals surface area (Å²) in [6.45, 7) is 1.83. The van der Waals surface area contributed by atoms with Gasteiger partial charge in [0.05, 0.1) is 5.56 Å². The second-order valence-electron chi connectivity index (χ2n) is 6.04. The molecule has 0 fully saturated rings. The standard InChI is InChI=1S/C19H18N2O2S/c1-12(17-10-13-6-2-4-8-16(13)23-17)20-21-19(22)15-11-24-18-9-5-3-7-14(15)18/h2,4,6,8,10-11H,3,5,7,9H2,1H3,(H,21,22)/b20-12-. The number of furan rings is 1. The highest BCUT2D eigenvalue weighted by molar-refractivity contribution is 7.10. The van der Waals surface area contributed by atoms with Gasteiger partial charge in [0.2, 0.25) is 0 Å². The molecule has 0 bridgehead atoms. The molecule has 0 atom stereocenters. The number of carbonyl (C=O) groups is 1. The molecule has 0 spiro atoms. The molecule has 5 heteroatoms. The van der Waals surface area contributed by atoms with Gasteiger partial charge in [-0.25, -0.2) is 5.43 Å². The van der Waals surface area contributed by atoms with E-state index in [1.54, 1.807) is 11.3 Å². The molecule has 1 aliphatic rings. The summed E-state index contributed by atoms with van der Waals surface area (Å²) in [5.74, 6) is 0.536. The van der Waals surface area contributed by atoms with Crippen LogP contribution in [-0.2, 0) is 12.8 Å². The van der Waals surface area contributed by atoms with E-state index in [2.05, 4.69) is 10.5 Å². The van der Waals surface area contributed by atoms with Crippen LogP contribution in [0.15, 0.2) is 45.2 Å². The van der Waals surface area contributed by atoms with E-state index in [9.17, 15) is 4.79 Å². The Bertz CT molecular complexity index is 903. The molecular weight excluding hydrogens is 320 g/mol. The lowest BCUT2D eigenvalue weighted by atomic mass is 9.96. The first-order chi connectivity index (χ1) is 11.7. The van der Waals surface area contributed by atoms with Crippen LogP contribution >= 0.6 is 11.3 Å². The minimum atomic E-state index is -0.134. The summed E-state index contributed by atoms with van der Waals surface area (Å²) in [5.41, 5.74) is 6.13. The van der Waals surface area contributed by atoms with Crippen molar-refractivity contribution in [2.75, 3.05) is 0 Å². The van der Waals surface area contributed by atoms with Crippen LogP contribution in [0.3, 0.4) is 0 Å². The van der Waals surface area contributed by atoms with E-state index in [4.69, 9.17) is 4.42 Å². The Morgan fingerprint density at radius 3 is 2.96 bits per heavy atom. The van der Waals surface area contributed by atoms with Crippen LogP contribution in [-0.4, -0.2) is 11.6 Å². The normalized spacial score (nSPS) is 14.6. The van der Waals surface area contributed by atoms with Gasteiger partial charge in [-0.1, -0.05) is 18.2 Å². The maximum Gasteiger partial charge on any atom is 0.272 e. The fourth-order valence-corrected chi connectivity index (χ4v) is 4.22. The monoisotopic (exact) mass is 338 g/mol. The number of fused-ring (bicyclic) bond motifs is 2. The van der Waals surface area contributed by atoms with E-state index in [-0.39, 0.29) is 5.91 Å². The maximum absolute atomic E-state index is 12.4. The Hall–Kier alpha value is -2.40. The van der Waals surface area contributed by atoms with E-state index >= 15 is 0 Å². The van der Waals surface area contributed by atoms with Crippen LogP contribution in [0.1, 0.15) is 46.3 Å². The summed E-state index contributed by atoms with van der Waals surface area (Å²) in [4.78, 5) is 13.8. The second-order valence-corrected chi connectivity index (χ2v) is 7.01. The summed E-state index contributed by atoms with van der Waals surface area (Å²) in [7, 11) is 0. The molecule has 1 amide bonds. The largest absolute Gasteiger partial charge is 0.455 e. The van der Waals surface area contributed by atoms with Gasteiger partial charge in [-0.2, -0.15) is 5.10 Å². The van der Waals surface area contributed by atoms with Crippen molar-refractivity contribution in [2.45, 2.75) is 32.6 Å². The van der Waals surface area contributed by atoms with Gasteiger partial charge in [0.25, 0.3) is 5.91 Å². The average molecular weight is 338 g/mol. The van der Waals surface area contributed by atoms with Gasteiger partial charge in [-0.15, -0.1) is 11.3 Å². The SMILES string of the molecule is C/C(=N/NC(=O)c1csc2c1CCCC2)c1cc2ccccc2o1. The molecule has 2 heterocycles. The van der Waals surface area contributed by atoms with Gasteiger partial charge >= 0.3 is 0 Å². The third-order valence-electron chi connectivity index (χ3n) is 4.41. The van der Waals surface area contributed by atoms with Crippen molar-refractivity contribution in [1.82, 2.24) is 5.43 Å². The number of nitrogens with zero attached hydrogens (tertiary/aromatic N) is 1. The molecule has 1 aliphatic carbocycles. The van der Waals surface area contributed by atoms with Crippen LogP contribution in [0.25, 0.3) is 11.0 Å². The predicted molar refractivity (Wildman–Crippen MR) is 96.9 cm³/mol. The van der Waals surface area contributed by atoms with Gasteiger partial charge in [0, 0.05) is 15.6 Å². The van der Waals surface area contributed by atoms with Gasteiger partial charge < -0.3 is 4.42 Å². The zero-order valence-corrected chi connectivity index (χ0v) is 14.3. The molecule has 3 aromatic rings. The Morgan fingerprint density at radius 1 is 1.25 bits per heavy atom. The zero-order chi connectivity index (χ0) is 16.5. The molecule has 0 saturated heterocycles. The average Bonchev–Trinajstić information content (AvgIpc) is 3.23. The van der Waals surface area contributed by atoms with E-state index in [1.165, 1.54) is 16.9 Å². The summed E-state index contributed by atoms with van der Waals surface area (Å²) in [5, 5.41) is 7.21. The minimum Gasteiger partial charge on any atom is -0.455 e. The number of amides is 1. The van der Waals surface area contributed by atoms with Crippen LogP contribution in [0.2, 0.25) is 0 Å². The van der Waals surface area contributed by atoms with Crippen molar-refractivity contribution in [2.24, 2.45) is 5.10 Å². The molecule has 24 heavy (non-hydrogen) atoms. The van der Waals surface area contributed by atoms with Crippen LogP contribution < -0.4 is 5.43 Å². The number of hydrazone groups is 1. The number of hydrogen-bond acceptors (Lipinski definition) is 4. The molecular formula is C19H18N2O2S. The molecule has 0 radical (unpaired) electrons. The van der Waals surface area contributed by atoms with Crippen molar-refractivity contribution >= 4 is 33.9 Å². The van der Waals surface area contributed by atoms with Crippen molar-refractivity contribution < 1.29 is 9.21 Å². The number of thiophene rings is 1. The lowest BCUT2D eigenvalue weighted by molar-refractivity contribution is 0.0954. The Morgan fingerprint density at radius 2 is 2.08 bits per heavy atom. The highest BCUT2D eigenvalue weighted by Gasteiger charge is 2.20. The molecule has 4 nitrogen and oxygen atoms in total. The van der Waals surface area contributed by atoms with Gasteiger partial charge in [-0.3, -0.25) is 4.79 Å². The first kappa shape index (κ1) is 15.1. The van der Waals surface area contributed by atoms with Crippen LogP contribution in [0.5, 0.6) is 0 Å². The Labute approximate surface area is 144 Å². The van der Waals surface area contributed by atoms with Gasteiger partial charge in [-0.05, 0) is 50.3 Å². The summed E-state index contributed by atoms with van der Waals surface area (Å²) >= 11 is 1.69. The molecule has 0 unspecified atom stereocenters. The molecule has 1 N–H and O–H groups in total. The fourth-order valence-electron chi connectivity index (χ4n) is 3.09. The van der Waals surface area contributed by atoms with Crippen LogP contribution in [0.4, 0.5) is 0 Å². The zero-order valence-electron chi connectivity index (χ0n) is 13.5. The van der Waals surface area contributed by atoms with Crippen molar-refractivity contribution in [3.05, 3.63) is 57.5 Å². The predicted octanol–water partition coefficient (Wildman–Crippen LogP) is 4.53. The second kappa shape index (κ2) is 6.24. The van der Waals surface area contributed by atoms with Gasteiger partial charge in [0.15, 0.2) is 5.76 Å². The van der Waals surface area contributed by atoms with Crippen molar-refractivity contribution in [3.8, 4) is 0 Å². The lowest BCUT2D eigenvalue weighted by Gasteiger charge is -2.11. The topological polar surface area (TPSA) is 54.6 Å². The Balaban J connectivity index is 1.53. The molecule has 0 saturated carbocycles. The molecule has 4 rings (SSSR count). The molecule has 0 aliphatic heterocycles. The van der Waals surface area contributed by atoms with E-state index in [0.29, 0.717) is 11.5 Å². The minimum absolute atomic E-state index is 0.134. The van der Waals surface area contributed by atoms with Gasteiger partial charge in [0.1, 0.15) is 11.3 Å². The van der Waals surface area contributed by atoms with Crippen molar-refractivity contribution in [1.29, 1.82) is 0 Å². The first-order valence-corrected chi connectivity index (χ1v) is 9.03. The van der Waals surface area contributed by atoms with E-state index < -0.39 is 0 Å².